The molecule has 0 aromatic heterocycles. The van der Waals surface area contributed by atoms with Crippen LogP contribution in [-0.2, 0) is 0 Å². The van der Waals surface area contributed by atoms with E-state index in [0.717, 1.165) is 25.9 Å². The lowest BCUT2D eigenvalue weighted by Gasteiger charge is -2.36. The number of hydrogen-bond donors (Lipinski definition) is 0. The van der Waals surface area contributed by atoms with Crippen molar-refractivity contribution >= 4 is 59.0 Å². The minimum Gasteiger partial charge on any atom is -0.374 e. The first kappa shape index (κ1) is 32.3. The van der Waals surface area contributed by atoms with Crippen LogP contribution in [0.3, 0.4) is 0 Å². The first-order chi connectivity index (χ1) is 23.5. The molecule has 240 valence electrons. The molecule has 0 fully saturated rings. The van der Waals surface area contributed by atoms with Crippen molar-refractivity contribution in [2.24, 2.45) is 0 Å². The van der Waals surface area contributed by atoms with E-state index in [1.54, 1.807) is 0 Å². The average Bonchev–Trinajstić information content (AvgIpc) is 3.13. The van der Waals surface area contributed by atoms with Crippen LogP contribution >= 0.6 is 15.8 Å². The van der Waals surface area contributed by atoms with Crippen LogP contribution in [0.4, 0.5) is 11.4 Å². The molecule has 0 amide bonds. The monoisotopic (exact) mass is 662 g/mol. The molecular weight excluding hydrogens is 618 g/mol. The van der Waals surface area contributed by atoms with E-state index in [-0.39, 0.29) is 0 Å². The normalized spacial score (nSPS) is 13.4. The molecule has 6 aromatic rings. The van der Waals surface area contributed by atoms with Crippen LogP contribution in [0.25, 0.3) is 11.1 Å². The molecule has 1 aliphatic rings. The van der Waals surface area contributed by atoms with Crippen LogP contribution in [0, 0.1) is 13.8 Å². The van der Waals surface area contributed by atoms with E-state index < -0.39 is 15.8 Å². The summed E-state index contributed by atoms with van der Waals surface area (Å²) in [5, 5.41) is 8.45. The number of benzene rings is 6. The third-order valence-electron chi connectivity index (χ3n) is 9.53. The van der Waals surface area contributed by atoms with Gasteiger partial charge in [0.25, 0.3) is 0 Å². The SMILES string of the molecule is Cc1ccc2c(c1P(c1ccccc1)c1ccccc1)-c1c(ccc(C)c1P(c1ccccc1)c1ccccc1)N(C)CCCCN2C. The highest BCUT2D eigenvalue weighted by atomic mass is 31.1. The minimum absolute atomic E-state index is 0.863. The third-order valence-corrected chi connectivity index (χ3v) is 14.8. The Morgan fingerprint density at radius 2 is 0.688 bits per heavy atom. The zero-order valence-corrected chi connectivity index (χ0v) is 30.3. The molecule has 0 spiro atoms. The summed E-state index contributed by atoms with van der Waals surface area (Å²) in [4.78, 5) is 5.08. The molecule has 4 heteroatoms. The van der Waals surface area contributed by atoms with Gasteiger partial charge in [-0.15, -0.1) is 0 Å². The van der Waals surface area contributed by atoms with E-state index in [1.807, 2.05) is 0 Å². The zero-order chi connectivity index (χ0) is 33.0. The molecule has 0 saturated heterocycles. The van der Waals surface area contributed by atoms with Crippen LogP contribution < -0.4 is 41.6 Å². The molecule has 1 aliphatic heterocycles. The van der Waals surface area contributed by atoms with Gasteiger partial charge >= 0.3 is 0 Å². The van der Waals surface area contributed by atoms with E-state index >= 15 is 0 Å². The molecule has 48 heavy (non-hydrogen) atoms. The van der Waals surface area contributed by atoms with Gasteiger partial charge in [-0.1, -0.05) is 133 Å². The largest absolute Gasteiger partial charge is 0.374 e. The fraction of sp³-hybridized carbons (Fsp3) is 0.182. The van der Waals surface area contributed by atoms with E-state index in [0.29, 0.717) is 0 Å². The van der Waals surface area contributed by atoms with Crippen molar-refractivity contribution in [2.75, 3.05) is 37.0 Å². The predicted molar refractivity (Wildman–Crippen MR) is 215 cm³/mol. The van der Waals surface area contributed by atoms with Gasteiger partial charge in [-0.2, -0.15) is 0 Å². The summed E-state index contributed by atoms with van der Waals surface area (Å²) >= 11 is 0. The number of fused-ring (bicyclic) bond motifs is 3. The Balaban J connectivity index is 1.65. The van der Waals surface area contributed by atoms with Crippen molar-refractivity contribution in [3.8, 4) is 11.1 Å². The topological polar surface area (TPSA) is 6.48 Å². The van der Waals surface area contributed by atoms with E-state index in [4.69, 9.17) is 0 Å². The molecule has 0 saturated carbocycles. The molecule has 0 atom stereocenters. The van der Waals surface area contributed by atoms with Gasteiger partial charge in [0, 0.05) is 49.7 Å². The molecule has 7 rings (SSSR count). The summed E-state index contributed by atoms with van der Waals surface area (Å²) < 4.78 is 0. The Bertz CT molecular complexity index is 1750. The van der Waals surface area contributed by atoms with Crippen LogP contribution in [0.2, 0.25) is 0 Å². The zero-order valence-electron chi connectivity index (χ0n) is 28.5. The van der Waals surface area contributed by atoms with Crippen molar-refractivity contribution in [3.05, 3.63) is 157 Å². The van der Waals surface area contributed by atoms with Gasteiger partial charge in [-0.3, -0.25) is 0 Å². The lowest BCUT2D eigenvalue weighted by molar-refractivity contribution is 0.706. The Kier molecular flexibility index (Phi) is 9.76. The second kappa shape index (κ2) is 14.5. The predicted octanol–water partition coefficient (Wildman–Crippen LogP) is 8.15. The van der Waals surface area contributed by atoms with Crippen LogP contribution in [-0.4, -0.2) is 27.2 Å². The molecule has 0 bridgehead atoms. The fourth-order valence-corrected chi connectivity index (χ4v) is 12.4. The smallest absolute Gasteiger partial charge is 0.0451 e. The lowest BCUT2D eigenvalue weighted by Crippen LogP contribution is -2.33. The second-order valence-corrected chi connectivity index (χ2v) is 17.1. The first-order valence-electron chi connectivity index (χ1n) is 17.0. The molecule has 1 heterocycles. The summed E-state index contributed by atoms with van der Waals surface area (Å²) in [7, 11) is 2.89. The van der Waals surface area contributed by atoms with Gasteiger partial charge in [-0.25, -0.2) is 0 Å². The van der Waals surface area contributed by atoms with Crippen LogP contribution in [0.15, 0.2) is 146 Å². The Morgan fingerprint density at radius 1 is 0.396 bits per heavy atom. The van der Waals surface area contributed by atoms with Crippen molar-refractivity contribution in [1.82, 2.24) is 0 Å². The van der Waals surface area contributed by atoms with Gasteiger partial charge in [0.05, 0.1) is 0 Å². The summed E-state index contributed by atoms with van der Waals surface area (Å²) in [6.45, 7) is 6.73. The van der Waals surface area contributed by atoms with E-state index in [1.165, 1.54) is 65.5 Å². The number of rotatable bonds is 6. The van der Waals surface area contributed by atoms with Crippen molar-refractivity contribution in [2.45, 2.75) is 26.7 Å². The van der Waals surface area contributed by atoms with Crippen LogP contribution in [0.5, 0.6) is 0 Å². The maximum atomic E-state index is 2.54. The Labute approximate surface area is 289 Å². The maximum absolute atomic E-state index is 2.54. The summed E-state index contributed by atoms with van der Waals surface area (Å²) in [5.74, 6) is 0. The number of anilines is 2. The summed E-state index contributed by atoms with van der Waals surface area (Å²) in [5.41, 5.74) is 8.16. The molecular formula is C44H44N2P2. The fourth-order valence-electron chi connectivity index (χ4n) is 7.14. The number of aryl methyl sites for hydroxylation is 2. The molecule has 0 radical (unpaired) electrons. The quantitative estimate of drug-likeness (QED) is 0.166. The van der Waals surface area contributed by atoms with Gasteiger partial charge in [-0.05, 0) is 97.6 Å². The van der Waals surface area contributed by atoms with Crippen molar-refractivity contribution in [1.29, 1.82) is 0 Å². The molecule has 6 aromatic carbocycles. The van der Waals surface area contributed by atoms with Crippen molar-refractivity contribution in [3.63, 3.8) is 0 Å². The van der Waals surface area contributed by atoms with Gasteiger partial charge in [0.1, 0.15) is 0 Å². The summed E-state index contributed by atoms with van der Waals surface area (Å²) in [6.07, 6.45) is 2.31. The highest BCUT2D eigenvalue weighted by molar-refractivity contribution is 7.81. The van der Waals surface area contributed by atoms with Gasteiger partial charge in [0.15, 0.2) is 0 Å². The molecule has 2 nitrogen and oxygen atoms in total. The van der Waals surface area contributed by atoms with Crippen LogP contribution in [0.1, 0.15) is 24.0 Å². The standard InChI is InChI=1S/C44H44N2P2/c1-33-27-29-39-41(43(33)47(35-19-9-5-10-20-35)36-21-11-6-12-22-36)42-40(46(4)32-18-17-31-45(39)3)30-28-34(2)44(42)48(37-23-13-7-14-24-37)38-25-15-8-16-26-38/h5-16,19-30H,17-18,31-32H2,1-4H3. The molecule has 0 aliphatic carbocycles. The summed E-state index contributed by atoms with van der Waals surface area (Å²) in [6, 6.07) is 54.5. The average molecular weight is 663 g/mol. The van der Waals surface area contributed by atoms with Gasteiger partial charge < -0.3 is 9.80 Å². The number of hydrogen-bond acceptors (Lipinski definition) is 2. The lowest BCUT2D eigenvalue weighted by atomic mass is 9.95. The molecule has 0 unspecified atom stereocenters. The Hall–Kier alpha value is -4.22. The minimum atomic E-state index is -0.863. The van der Waals surface area contributed by atoms with E-state index in [2.05, 4.69) is 183 Å². The van der Waals surface area contributed by atoms with Gasteiger partial charge in [0.2, 0.25) is 0 Å². The highest BCUT2D eigenvalue weighted by Crippen LogP contribution is 2.48. The van der Waals surface area contributed by atoms with E-state index in [9.17, 15) is 0 Å². The maximum Gasteiger partial charge on any atom is 0.0451 e. The Morgan fingerprint density at radius 3 is 0.979 bits per heavy atom. The first-order valence-corrected chi connectivity index (χ1v) is 19.7. The van der Waals surface area contributed by atoms with Crippen molar-refractivity contribution < 1.29 is 0 Å². The third kappa shape index (κ3) is 6.33. The number of nitrogens with zero attached hydrogens (tertiary/aromatic N) is 2. The second-order valence-electron chi connectivity index (χ2n) is 12.8. The molecule has 0 N–H and O–H groups in total. The highest BCUT2D eigenvalue weighted by Gasteiger charge is 2.32.